The lowest BCUT2D eigenvalue weighted by molar-refractivity contribution is -0.126. The number of aryl methyl sites for hydroxylation is 1. The molecule has 1 heterocycles. The van der Waals surface area contributed by atoms with Gasteiger partial charge in [-0.05, 0) is 37.0 Å². The topological polar surface area (TPSA) is 49.4 Å². The Hall–Kier alpha value is -2.62. The molecular formula is C21H24N2O2. The summed E-state index contributed by atoms with van der Waals surface area (Å²) in [5.74, 6) is -0.172. The summed E-state index contributed by atoms with van der Waals surface area (Å²) < 4.78 is 0. The molecule has 0 saturated heterocycles. The van der Waals surface area contributed by atoms with Crippen LogP contribution in [-0.4, -0.2) is 23.9 Å². The summed E-state index contributed by atoms with van der Waals surface area (Å²) in [6.45, 7) is 3.53. The zero-order valence-corrected chi connectivity index (χ0v) is 14.7. The van der Waals surface area contributed by atoms with E-state index in [0.717, 1.165) is 24.1 Å². The first-order valence-corrected chi connectivity index (χ1v) is 8.78. The van der Waals surface area contributed by atoms with Crippen molar-refractivity contribution in [3.63, 3.8) is 0 Å². The minimum atomic E-state index is -0.450. The molecule has 25 heavy (non-hydrogen) atoms. The van der Waals surface area contributed by atoms with Crippen molar-refractivity contribution in [1.29, 1.82) is 0 Å². The summed E-state index contributed by atoms with van der Waals surface area (Å²) in [6, 6.07) is 17.6. The number of anilines is 1. The first-order valence-electron chi connectivity index (χ1n) is 8.78. The van der Waals surface area contributed by atoms with Crippen molar-refractivity contribution < 1.29 is 9.59 Å². The molecule has 0 aromatic heterocycles. The second-order valence-corrected chi connectivity index (χ2v) is 6.67. The number of hydrogen-bond donors (Lipinski definition) is 1. The van der Waals surface area contributed by atoms with Gasteiger partial charge in [0, 0.05) is 25.1 Å². The molecule has 1 N–H and O–H groups in total. The van der Waals surface area contributed by atoms with Crippen LogP contribution in [0.4, 0.5) is 5.69 Å². The van der Waals surface area contributed by atoms with Crippen LogP contribution in [-0.2, 0) is 22.4 Å². The van der Waals surface area contributed by atoms with Crippen molar-refractivity contribution in [2.24, 2.45) is 0 Å². The van der Waals surface area contributed by atoms with Crippen molar-refractivity contribution in [1.82, 2.24) is 5.32 Å². The van der Waals surface area contributed by atoms with E-state index in [1.165, 1.54) is 12.5 Å². The Morgan fingerprint density at radius 2 is 1.80 bits per heavy atom. The Morgan fingerprint density at radius 1 is 1.12 bits per heavy atom. The maximum Gasteiger partial charge on any atom is 0.243 e. The van der Waals surface area contributed by atoms with Crippen molar-refractivity contribution in [3.8, 4) is 0 Å². The maximum atomic E-state index is 12.7. The van der Waals surface area contributed by atoms with Gasteiger partial charge in [0.2, 0.25) is 11.8 Å². The zero-order valence-electron chi connectivity index (χ0n) is 14.7. The van der Waals surface area contributed by atoms with Crippen molar-refractivity contribution >= 4 is 17.5 Å². The van der Waals surface area contributed by atoms with E-state index in [9.17, 15) is 9.59 Å². The number of nitrogens with one attached hydrogen (secondary N) is 1. The number of hydrogen-bond acceptors (Lipinski definition) is 2. The Morgan fingerprint density at radius 3 is 2.52 bits per heavy atom. The van der Waals surface area contributed by atoms with Gasteiger partial charge in [-0.1, -0.05) is 48.5 Å². The summed E-state index contributed by atoms with van der Waals surface area (Å²) in [5, 5.41) is 3.08. The van der Waals surface area contributed by atoms with Crippen LogP contribution in [0, 0.1) is 0 Å². The number of para-hydroxylation sites is 1. The average molecular weight is 336 g/mol. The smallest absolute Gasteiger partial charge is 0.243 e. The maximum absolute atomic E-state index is 12.7. The SMILES string of the molecule is CC(=O)N1c2ccccc2C[C@@H]1C(=O)N[C@H](C)CCc1ccccc1. The second-order valence-electron chi connectivity index (χ2n) is 6.67. The summed E-state index contributed by atoms with van der Waals surface area (Å²) in [7, 11) is 0. The van der Waals surface area contributed by atoms with Gasteiger partial charge in [0.25, 0.3) is 0 Å². The van der Waals surface area contributed by atoms with Crippen molar-refractivity contribution in [2.45, 2.75) is 45.2 Å². The number of carbonyl (C=O) groups excluding carboxylic acids is 2. The molecule has 0 radical (unpaired) electrons. The number of rotatable bonds is 5. The normalized spacial score (nSPS) is 17.0. The van der Waals surface area contributed by atoms with Crippen LogP contribution in [0.15, 0.2) is 54.6 Å². The van der Waals surface area contributed by atoms with Crippen molar-refractivity contribution in [2.75, 3.05) is 4.90 Å². The first-order chi connectivity index (χ1) is 12.1. The molecule has 2 aromatic rings. The number of fused-ring (bicyclic) bond motifs is 1. The highest BCUT2D eigenvalue weighted by Gasteiger charge is 2.36. The van der Waals surface area contributed by atoms with Gasteiger partial charge in [-0.15, -0.1) is 0 Å². The number of benzene rings is 2. The molecule has 2 amide bonds. The number of nitrogens with zero attached hydrogens (tertiary/aromatic N) is 1. The van der Waals surface area contributed by atoms with E-state index < -0.39 is 6.04 Å². The molecule has 0 fully saturated rings. The van der Waals surface area contributed by atoms with Gasteiger partial charge in [-0.3, -0.25) is 14.5 Å². The van der Waals surface area contributed by atoms with Crippen LogP contribution in [0.5, 0.6) is 0 Å². The predicted molar refractivity (Wildman–Crippen MR) is 99.5 cm³/mol. The summed E-state index contributed by atoms with van der Waals surface area (Å²) >= 11 is 0. The highest BCUT2D eigenvalue weighted by Crippen LogP contribution is 2.32. The van der Waals surface area contributed by atoms with E-state index in [1.807, 2.05) is 49.4 Å². The summed E-state index contributed by atoms with van der Waals surface area (Å²) in [4.78, 5) is 26.4. The Bertz CT molecular complexity index is 758. The van der Waals surface area contributed by atoms with Crippen LogP contribution in [0.1, 0.15) is 31.4 Å². The molecule has 2 aromatic carbocycles. The standard InChI is InChI=1S/C21H24N2O2/c1-15(12-13-17-8-4-3-5-9-17)22-21(25)20-14-18-10-6-7-11-19(18)23(20)16(2)24/h3-11,15,20H,12-14H2,1-2H3,(H,22,25)/t15-,20-/m1/s1. The van der Waals surface area contributed by atoms with Gasteiger partial charge < -0.3 is 5.32 Å². The molecule has 0 bridgehead atoms. The fourth-order valence-electron chi connectivity index (χ4n) is 3.42. The lowest BCUT2D eigenvalue weighted by Gasteiger charge is -2.25. The molecule has 1 aliphatic rings. The van der Waals surface area contributed by atoms with E-state index in [2.05, 4.69) is 17.4 Å². The molecule has 0 aliphatic carbocycles. The Balaban J connectivity index is 1.62. The molecule has 0 saturated carbocycles. The summed E-state index contributed by atoms with van der Waals surface area (Å²) in [6.07, 6.45) is 2.37. The molecule has 4 heteroatoms. The van der Waals surface area contributed by atoms with E-state index in [-0.39, 0.29) is 17.9 Å². The lowest BCUT2D eigenvalue weighted by atomic mass is 10.1. The quantitative estimate of drug-likeness (QED) is 0.912. The minimum absolute atomic E-state index is 0.0604. The molecule has 2 atom stereocenters. The fourth-order valence-corrected chi connectivity index (χ4v) is 3.42. The lowest BCUT2D eigenvalue weighted by Crippen LogP contribution is -2.49. The highest BCUT2D eigenvalue weighted by molar-refractivity contribution is 6.02. The van der Waals surface area contributed by atoms with Gasteiger partial charge in [0.1, 0.15) is 6.04 Å². The highest BCUT2D eigenvalue weighted by atomic mass is 16.2. The van der Waals surface area contributed by atoms with E-state index >= 15 is 0 Å². The molecule has 3 rings (SSSR count). The molecular weight excluding hydrogens is 312 g/mol. The number of carbonyl (C=O) groups is 2. The monoisotopic (exact) mass is 336 g/mol. The van der Waals surface area contributed by atoms with Crippen molar-refractivity contribution in [3.05, 3.63) is 65.7 Å². The van der Waals surface area contributed by atoms with Crippen LogP contribution >= 0.6 is 0 Å². The third-order valence-electron chi connectivity index (χ3n) is 4.72. The zero-order chi connectivity index (χ0) is 17.8. The van der Waals surface area contributed by atoms with E-state index in [1.54, 1.807) is 4.90 Å². The summed E-state index contributed by atoms with van der Waals surface area (Å²) in [5.41, 5.74) is 3.17. The predicted octanol–water partition coefficient (Wildman–Crippen LogP) is 3.10. The van der Waals surface area contributed by atoms with Crippen LogP contribution in [0.25, 0.3) is 0 Å². The van der Waals surface area contributed by atoms with Crippen LogP contribution < -0.4 is 10.2 Å². The first kappa shape index (κ1) is 17.2. The fraction of sp³-hybridized carbons (Fsp3) is 0.333. The molecule has 4 nitrogen and oxygen atoms in total. The largest absolute Gasteiger partial charge is 0.352 e. The van der Waals surface area contributed by atoms with Crippen LogP contribution in [0.3, 0.4) is 0 Å². The van der Waals surface area contributed by atoms with Gasteiger partial charge in [-0.25, -0.2) is 0 Å². The van der Waals surface area contributed by atoms with Gasteiger partial charge in [-0.2, -0.15) is 0 Å². The van der Waals surface area contributed by atoms with Gasteiger partial charge >= 0.3 is 0 Å². The van der Waals surface area contributed by atoms with Gasteiger partial charge in [0.15, 0.2) is 0 Å². The Labute approximate surface area is 148 Å². The average Bonchev–Trinajstić information content (AvgIpc) is 3.01. The Kier molecular flexibility index (Phi) is 5.17. The number of amides is 2. The molecule has 0 spiro atoms. The molecule has 130 valence electrons. The van der Waals surface area contributed by atoms with E-state index in [4.69, 9.17) is 0 Å². The van der Waals surface area contributed by atoms with E-state index in [0.29, 0.717) is 6.42 Å². The third-order valence-corrected chi connectivity index (χ3v) is 4.72. The van der Waals surface area contributed by atoms with Gasteiger partial charge in [0.05, 0.1) is 0 Å². The second kappa shape index (κ2) is 7.51. The van der Waals surface area contributed by atoms with Crippen LogP contribution in [0.2, 0.25) is 0 Å². The molecule has 1 aliphatic heterocycles. The molecule has 0 unspecified atom stereocenters. The third kappa shape index (κ3) is 3.90. The minimum Gasteiger partial charge on any atom is -0.352 e.